The third-order valence-corrected chi connectivity index (χ3v) is 5.56. The Morgan fingerprint density at radius 2 is 2.00 bits per heavy atom. The molecule has 5 nitrogen and oxygen atoms in total. The average molecular weight is 261 g/mol. The van der Waals surface area contributed by atoms with Gasteiger partial charge in [0, 0.05) is 12.6 Å². The topological polar surface area (TPSA) is 74.7 Å². The lowest BCUT2D eigenvalue weighted by Gasteiger charge is -2.38. The lowest BCUT2D eigenvalue weighted by atomic mass is 9.96. The number of hydrogen-bond donors (Lipinski definition) is 1. The molecule has 17 heavy (non-hydrogen) atoms. The van der Waals surface area contributed by atoms with E-state index < -0.39 is 15.8 Å². The van der Waals surface area contributed by atoms with Gasteiger partial charge in [-0.1, -0.05) is 0 Å². The summed E-state index contributed by atoms with van der Waals surface area (Å²) in [7, 11) is -2.91. The van der Waals surface area contributed by atoms with Crippen LogP contribution in [0.2, 0.25) is 0 Å². The van der Waals surface area contributed by atoms with Gasteiger partial charge in [0.05, 0.1) is 17.4 Å². The fourth-order valence-electron chi connectivity index (χ4n) is 2.83. The van der Waals surface area contributed by atoms with Crippen molar-refractivity contribution in [2.45, 2.75) is 31.7 Å². The molecule has 2 unspecified atom stereocenters. The van der Waals surface area contributed by atoms with Crippen LogP contribution in [-0.4, -0.2) is 55.0 Å². The van der Waals surface area contributed by atoms with E-state index in [1.807, 2.05) is 0 Å². The second kappa shape index (κ2) is 4.94. The zero-order chi connectivity index (χ0) is 12.5. The van der Waals surface area contributed by atoms with Gasteiger partial charge in [-0.2, -0.15) is 0 Å². The van der Waals surface area contributed by atoms with Crippen LogP contribution in [0.1, 0.15) is 25.7 Å². The number of hydrogen-bond acceptors (Lipinski definition) is 4. The number of carboxylic acids is 1. The van der Waals surface area contributed by atoms with Crippen LogP contribution in [-0.2, 0) is 14.6 Å². The average Bonchev–Trinajstić information content (AvgIpc) is 2.28. The summed E-state index contributed by atoms with van der Waals surface area (Å²) in [6.45, 7) is 1.35. The number of carboxylic acid groups (broad SMARTS) is 1. The van der Waals surface area contributed by atoms with Crippen molar-refractivity contribution < 1.29 is 18.3 Å². The highest BCUT2D eigenvalue weighted by Gasteiger charge is 2.33. The molecule has 1 N–H and O–H groups in total. The molecule has 0 aromatic heterocycles. The highest BCUT2D eigenvalue weighted by molar-refractivity contribution is 7.91. The van der Waals surface area contributed by atoms with Crippen molar-refractivity contribution in [1.82, 2.24) is 4.90 Å². The molecule has 2 aliphatic heterocycles. The Bertz CT molecular complexity index is 392. The van der Waals surface area contributed by atoms with Gasteiger partial charge < -0.3 is 5.11 Å². The second-order valence-corrected chi connectivity index (χ2v) is 7.31. The Labute approximate surface area is 102 Å². The summed E-state index contributed by atoms with van der Waals surface area (Å²) in [5.74, 6) is -0.583. The summed E-state index contributed by atoms with van der Waals surface area (Å²) in [5.41, 5.74) is 0. The van der Waals surface area contributed by atoms with Crippen molar-refractivity contribution in [2.24, 2.45) is 5.92 Å². The summed E-state index contributed by atoms with van der Waals surface area (Å²) in [5, 5.41) is 9.01. The molecule has 0 amide bonds. The molecular formula is C11H19NO4S. The summed E-state index contributed by atoms with van der Waals surface area (Å²) in [6, 6.07) is 0.0379. The molecule has 2 fully saturated rings. The molecule has 6 heteroatoms. The molecule has 0 bridgehead atoms. The van der Waals surface area contributed by atoms with E-state index in [4.69, 9.17) is 5.11 Å². The van der Waals surface area contributed by atoms with Gasteiger partial charge >= 0.3 is 5.97 Å². The van der Waals surface area contributed by atoms with E-state index >= 15 is 0 Å². The Morgan fingerprint density at radius 3 is 2.65 bits per heavy atom. The molecule has 2 saturated heterocycles. The molecule has 2 rings (SSSR count). The highest BCUT2D eigenvalue weighted by Crippen LogP contribution is 2.24. The number of rotatable bonds is 2. The molecule has 2 atom stereocenters. The quantitative estimate of drug-likeness (QED) is 0.777. The van der Waals surface area contributed by atoms with Crippen molar-refractivity contribution >= 4 is 15.8 Å². The van der Waals surface area contributed by atoms with Gasteiger partial charge in [0.25, 0.3) is 0 Å². The zero-order valence-electron chi connectivity index (χ0n) is 9.84. The molecule has 0 spiro atoms. The van der Waals surface area contributed by atoms with E-state index in [0.717, 1.165) is 19.4 Å². The van der Waals surface area contributed by atoms with Crippen LogP contribution in [0.4, 0.5) is 0 Å². The van der Waals surface area contributed by atoms with Crippen LogP contribution < -0.4 is 0 Å². The van der Waals surface area contributed by atoms with Gasteiger partial charge in [-0.25, -0.2) is 8.42 Å². The van der Waals surface area contributed by atoms with E-state index in [2.05, 4.69) is 4.90 Å². The Morgan fingerprint density at radius 1 is 1.24 bits per heavy atom. The van der Waals surface area contributed by atoms with E-state index in [-0.39, 0.29) is 17.7 Å². The van der Waals surface area contributed by atoms with E-state index in [9.17, 15) is 13.2 Å². The first kappa shape index (κ1) is 12.8. The summed E-state index contributed by atoms with van der Waals surface area (Å²) in [4.78, 5) is 13.0. The van der Waals surface area contributed by atoms with Gasteiger partial charge in [0.15, 0.2) is 9.84 Å². The maximum Gasteiger partial charge on any atom is 0.307 e. The van der Waals surface area contributed by atoms with Crippen molar-refractivity contribution in [1.29, 1.82) is 0 Å². The standard InChI is InChI=1S/C11H19NO4S/c13-11(14)9-3-1-5-12(7-9)10-4-2-6-17(15,16)8-10/h9-10H,1-8H2,(H,13,14). The molecular weight excluding hydrogens is 242 g/mol. The van der Waals surface area contributed by atoms with Gasteiger partial charge in [0.1, 0.15) is 0 Å². The first-order valence-corrected chi connectivity index (χ1v) is 7.97. The van der Waals surface area contributed by atoms with Crippen LogP contribution >= 0.6 is 0 Å². The van der Waals surface area contributed by atoms with Crippen LogP contribution in [0.15, 0.2) is 0 Å². The van der Waals surface area contributed by atoms with Crippen molar-refractivity contribution in [2.75, 3.05) is 24.6 Å². The maximum absolute atomic E-state index is 11.6. The summed E-state index contributed by atoms with van der Waals surface area (Å²) >= 11 is 0. The van der Waals surface area contributed by atoms with Crippen LogP contribution in [0, 0.1) is 5.92 Å². The number of nitrogens with zero attached hydrogens (tertiary/aromatic N) is 1. The molecule has 0 aromatic rings. The van der Waals surface area contributed by atoms with Crippen LogP contribution in [0.5, 0.6) is 0 Å². The number of carbonyl (C=O) groups is 1. The summed E-state index contributed by atoms with van der Waals surface area (Å²) in [6.07, 6.45) is 3.16. The minimum absolute atomic E-state index is 0.0379. The number of aliphatic carboxylic acids is 1. The SMILES string of the molecule is O=C(O)C1CCCN(C2CCCS(=O)(=O)C2)C1. The van der Waals surface area contributed by atoms with Gasteiger partial charge in [-0.05, 0) is 32.2 Å². The van der Waals surface area contributed by atoms with Crippen molar-refractivity contribution in [3.8, 4) is 0 Å². The zero-order valence-corrected chi connectivity index (χ0v) is 10.7. The number of likely N-dealkylation sites (tertiary alicyclic amines) is 1. The molecule has 0 saturated carbocycles. The van der Waals surface area contributed by atoms with Gasteiger partial charge in [0.2, 0.25) is 0 Å². The molecule has 2 heterocycles. The molecule has 0 radical (unpaired) electrons. The molecule has 2 aliphatic rings. The fourth-order valence-corrected chi connectivity index (χ4v) is 4.56. The predicted molar refractivity (Wildman–Crippen MR) is 63.6 cm³/mol. The minimum Gasteiger partial charge on any atom is -0.481 e. The lowest BCUT2D eigenvalue weighted by molar-refractivity contribution is -0.143. The smallest absolute Gasteiger partial charge is 0.307 e. The summed E-state index contributed by atoms with van der Waals surface area (Å²) < 4.78 is 23.2. The van der Waals surface area contributed by atoms with Crippen molar-refractivity contribution in [3.63, 3.8) is 0 Å². The van der Waals surface area contributed by atoms with Gasteiger partial charge in [-0.15, -0.1) is 0 Å². The number of piperidine rings is 1. The van der Waals surface area contributed by atoms with Crippen LogP contribution in [0.25, 0.3) is 0 Å². The third-order valence-electron chi connectivity index (χ3n) is 3.76. The first-order chi connectivity index (χ1) is 7.98. The lowest BCUT2D eigenvalue weighted by Crippen LogP contribution is -2.49. The first-order valence-electron chi connectivity index (χ1n) is 6.15. The highest BCUT2D eigenvalue weighted by atomic mass is 32.2. The molecule has 98 valence electrons. The monoisotopic (exact) mass is 261 g/mol. The Balaban J connectivity index is 1.99. The van der Waals surface area contributed by atoms with Gasteiger partial charge in [-0.3, -0.25) is 9.69 Å². The predicted octanol–water partition coefficient (Wildman–Crippen LogP) is 0.360. The maximum atomic E-state index is 11.6. The number of sulfone groups is 1. The largest absolute Gasteiger partial charge is 0.481 e. The third kappa shape index (κ3) is 3.19. The van der Waals surface area contributed by atoms with E-state index in [0.29, 0.717) is 25.1 Å². The fraction of sp³-hybridized carbons (Fsp3) is 0.909. The van der Waals surface area contributed by atoms with Crippen molar-refractivity contribution in [3.05, 3.63) is 0 Å². The normalized spacial score (nSPS) is 34.4. The van der Waals surface area contributed by atoms with Crippen LogP contribution in [0.3, 0.4) is 0 Å². The van der Waals surface area contributed by atoms with E-state index in [1.54, 1.807) is 0 Å². The minimum atomic E-state index is -2.91. The molecule has 0 aromatic carbocycles. The van der Waals surface area contributed by atoms with E-state index in [1.165, 1.54) is 0 Å². The molecule has 0 aliphatic carbocycles. The Hall–Kier alpha value is -0.620. The Kier molecular flexibility index (Phi) is 3.73. The second-order valence-electron chi connectivity index (χ2n) is 5.08.